The molecule has 19 nitrogen and oxygen atoms in total. The van der Waals surface area contributed by atoms with Crippen LogP contribution < -0.4 is 34.7 Å². The van der Waals surface area contributed by atoms with Crippen molar-refractivity contribution < 1.29 is 73.4 Å². The lowest BCUT2D eigenvalue weighted by atomic mass is 9.76. The van der Waals surface area contributed by atoms with Gasteiger partial charge in [-0.15, -0.1) is 0 Å². The number of H-pyrrole nitrogens is 1. The van der Waals surface area contributed by atoms with Crippen molar-refractivity contribution in [2.75, 3.05) is 13.4 Å². The summed E-state index contributed by atoms with van der Waals surface area (Å²) in [6.07, 6.45) is -6.34. The number of nitrogens with two attached hydrogens (primary N) is 1. The molecule has 7 heterocycles. The van der Waals surface area contributed by atoms with Crippen molar-refractivity contribution in [3.8, 4) is 40.6 Å². The zero-order valence-electron chi connectivity index (χ0n) is 35.0. The first-order valence-electron chi connectivity index (χ1n) is 21.3. The Morgan fingerprint density at radius 2 is 1.85 bits per heavy atom. The molecule has 3 aromatic carbocycles. The number of aromatic nitrogens is 2. The van der Waals surface area contributed by atoms with Gasteiger partial charge in [0.25, 0.3) is 0 Å². The molecule has 0 amide bonds. The second kappa shape index (κ2) is 17.2. The predicted molar refractivity (Wildman–Crippen MR) is 228 cm³/mol. The van der Waals surface area contributed by atoms with Gasteiger partial charge in [-0.05, 0) is 41.6 Å². The highest BCUT2D eigenvalue weighted by Gasteiger charge is 2.61. The summed E-state index contributed by atoms with van der Waals surface area (Å²) in [7, 11) is 0. The van der Waals surface area contributed by atoms with E-state index < -0.39 is 91.7 Å². The minimum absolute atomic E-state index is 0.0651. The van der Waals surface area contributed by atoms with Crippen molar-refractivity contribution >= 4 is 22.8 Å². The van der Waals surface area contributed by atoms with E-state index in [1.807, 2.05) is 53.2 Å². The molecule has 0 unspecified atom stereocenters. The molecule has 1 fully saturated rings. The lowest BCUT2D eigenvalue weighted by molar-refractivity contribution is -0.321. The van der Waals surface area contributed by atoms with Gasteiger partial charge in [-0.25, -0.2) is 0 Å². The van der Waals surface area contributed by atoms with Gasteiger partial charge in [-0.3, -0.25) is 9.59 Å². The topological polar surface area (TPSA) is 279 Å². The number of nitrogens with one attached hydrogen (secondary N) is 2. The molecule has 66 heavy (non-hydrogen) atoms. The normalized spacial score (nSPS) is 29.2. The van der Waals surface area contributed by atoms with E-state index >= 15 is 0 Å². The maximum absolute atomic E-state index is 12.7. The third-order valence-electron chi connectivity index (χ3n) is 12.7. The molecule has 5 aromatic rings. The first-order chi connectivity index (χ1) is 32.0. The second-order valence-corrected chi connectivity index (χ2v) is 16.6. The highest BCUT2D eigenvalue weighted by atomic mass is 16.7. The zero-order chi connectivity index (χ0) is 45.9. The Kier molecular flexibility index (Phi) is 11.3. The molecule has 10 rings (SSSR count). The third kappa shape index (κ3) is 7.32. The molecule has 0 aliphatic carbocycles. The summed E-state index contributed by atoms with van der Waals surface area (Å²) in [6, 6.07) is 18.5. The highest BCUT2D eigenvalue weighted by Crippen LogP contribution is 2.61. The first-order valence-corrected chi connectivity index (χ1v) is 21.3. The van der Waals surface area contributed by atoms with Crippen LogP contribution in [0.5, 0.6) is 28.7 Å². The minimum Gasteiger partial charge on any atom is -0.487 e. The van der Waals surface area contributed by atoms with Crippen LogP contribution in [0.3, 0.4) is 0 Å². The number of hydrogen-bond acceptors (Lipinski definition) is 16. The number of carbonyl (C=O) groups is 2. The number of carboxylic acid groups (broad SMARTS) is 1. The molecule has 1 spiro atoms. The van der Waals surface area contributed by atoms with Gasteiger partial charge in [0.1, 0.15) is 54.6 Å². The van der Waals surface area contributed by atoms with Gasteiger partial charge in [0.15, 0.2) is 30.0 Å². The number of aliphatic hydroxyl groups excluding tert-OH is 5. The van der Waals surface area contributed by atoms with E-state index in [1.54, 1.807) is 24.4 Å². The fraction of sp³-hybridized carbons (Fsp3) is 0.362. The lowest BCUT2D eigenvalue weighted by Crippen LogP contribution is -2.74. The number of aromatic amines is 1. The SMILES string of the molecule is N[C@H]1NC=C[C@@]2(O[C@@H](Oc3cc(Cn4cc5cc[nH]c5c4CO)c4c(c3)O[C@H]3[C@H]5c6ccc(OCO)c(c6O[C@@H]45)OCCC#C[C@@H]3c3ccccc3)[C@H](O)[C@@H](O)[C@@H]2O)[C@@H]1OC(=O)CC(=O)O. The Balaban J connectivity index is 1.12. The second-order valence-electron chi connectivity index (χ2n) is 16.6. The van der Waals surface area contributed by atoms with Gasteiger partial charge in [-0.1, -0.05) is 48.2 Å². The summed E-state index contributed by atoms with van der Waals surface area (Å²) in [4.78, 5) is 27.3. The summed E-state index contributed by atoms with van der Waals surface area (Å²) in [6.45, 7) is -0.586. The van der Waals surface area contributed by atoms with Crippen molar-refractivity contribution in [3.63, 3.8) is 0 Å². The Bertz CT molecular complexity index is 2760. The minimum atomic E-state index is -2.15. The molecule has 11 atom stereocenters. The fourth-order valence-electron chi connectivity index (χ4n) is 9.79. The van der Waals surface area contributed by atoms with Gasteiger partial charge in [0.2, 0.25) is 12.0 Å². The van der Waals surface area contributed by atoms with Crippen molar-refractivity contribution in [2.24, 2.45) is 5.73 Å². The van der Waals surface area contributed by atoms with E-state index in [9.17, 15) is 40.2 Å². The van der Waals surface area contributed by atoms with E-state index in [0.29, 0.717) is 40.5 Å². The number of aliphatic hydroxyl groups is 5. The van der Waals surface area contributed by atoms with Crippen LogP contribution in [0.25, 0.3) is 10.9 Å². The van der Waals surface area contributed by atoms with Crippen molar-refractivity contribution in [2.45, 2.75) is 92.5 Å². The number of hydrogen-bond donors (Lipinski definition) is 9. The van der Waals surface area contributed by atoms with Crippen LogP contribution in [-0.4, -0.2) is 114 Å². The molecule has 0 saturated carbocycles. The Hall–Kier alpha value is -6.76. The van der Waals surface area contributed by atoms with Gasteiger partial charge in [0.05, 0.1) is 36.3 Å². The van der Waals surface area contributed by atoms with E-state index in [-0.39, 0.29) is 31.3 Å². The summed E-state index contributed by atoms with van der Waals surface area (Å²) in [5.74, 6) is 4.42. The van der Waals surface area contributed by atoms with Crippen molar-refractivity contribution in [3.05, 3.63) is 113 Å². The van der Waals surface area contributed by atoms with E-state index in [2.05, 4.69) is 22.1 Å². The lowest BCUT2D eigenvalue weighted by Gasteiger charge is -2.52. The number of aliphatic carboxylic acids is 1. The Morgan fingerprint density at radius 3 is 2.64 bits per heavy atom. The average Bonchev–Trinajstić information content (AvgIpc) is 4.01. The van der Waals surface area contributed by atoms with Gasteiger partial charge in [-0.2, -0.15) is 0 Å². The number of esters is 1. The van der Waals surface area contributed by atoms with Gasteiger partial charge >= 0.3 is 11.9 Å². The molecule has 5 aliphatic heterocycles. The number of carboxylic acids is 1. The highest BCUT2D eigenvalue weighted by molar-refractivity contribution is 5.90. The molecular weight excluding hydrogens is 861 g/mol. The first kappa shape index (κ1) is 43.1. The number of fused-ring (bicyclic) bond motifs is 3. The fourth-order valence-corrected chi connectivity index (χ4v) is 9.79. The maximum Gasteiger partial charge on any atom is 0.317 e. The molecule has 0 radical (unpaired) electrons. The van der Waals surface area contributed by atoms with Crippen LogP contribution in [0.15, 0.2) is 85.3 Å². The molecule has 1 saturated heterocycles. The van der Waals surface area contributed by atoms with Gasteiger partial charge in [0, 0.05) is 47.9 Å². The number of rotatable bonds is 11. The van der Waals surface area contributed by atoms with E-state index in [1.165, 1.54) is 12.3 Å². The van der Waals surface area contributed by atoms with Crippen LogP contribution in [0.2, 0.25) is 0 Å². The quantitative estimate of drug-likeness (QED) is 0.0395. The van der Waals surface area contributed by atoms with Crippen LogP contribution in [-0.2, 0) is 32.2 Å². The Morgan fingerprint density at radius 1 is 1.02 bits per heavy atom. The van der Waals surface area contributed by atoms with E-state index in [0.717, 1.165) is 22.0 Å². The summed E-state index contributed by atoms with van der Waals surface area (Å²) in [5.41, 5.74) is 8.31. The van der Waals surface area contributed by atoms with Crippen molar-refractivity contribution in [1.82, 2.24) is 14.9 Å². The number of ether oxygens (including phenoxy) is 7. The number of carbonyl (C=O) groups excluding carboxylic acids is 1. The zero-order valence-corrected chi connectivity index (χ0v) is 35.0. The summed E-state index contributed by atoms with van der Waals surface area (Å²) in [5, 5.41) is 67.7. The van der Waals surface area contributed by atoms with Crippen LogP contribution in [0, 0.1) is 11.8 Å². The van der Waals surface area contributed by atoms with Gasteiger partial charge < -0.3 is 84.4 Å². The third-order valence-corrected chi connectivity index (χ3v) is 12.7. The number of nitrogens with zero attached hydrogens (tertiary/aromatic N) is 1. The molecule has 2 aromatic heterocycles. The average molecular weight is 907 g/mol. The molecular formula is C47H46N4O15. The maximum atomic E-state index is 12.7. The molecule has 4 bridgehead atoms. The standard InChI is InChI=1S/C47H46N4O15/c48-45-44(64-33(56)18-32(54)55)47(12-14-50-45)43(59)37(57)38(58)46(66-47)62-26-16-25(20-51-19-24-11-13-49-36(24)29(51)21-52)34-31(17-26)63-39-27(23-6-2-1-3-7-23)8-4-5-15-60-41-30(61-22-53)10-9-28-35(39)42(34)65-40(28)41/h1-3,6-7,9-14,16-17,19,27,35,37-39,42-46,49-50,52-53,57-59H,5,15,18,20-22,48H2,(H,54,55)/t27-,35-,37-,38-,39-,42+,43+,44-,45+,46-,47+/m1/s1. The van der Waals surface area contributed by atoms with Crippen LogP contribution in [0.4, 0.5) is 0 Å². The Labute approximate surface area is 375 Å². The van der Waals surface area contributed by atoms with Crippen molar-refractivity contribution in [1.29, 1.82) is 0 Å². The van der Waals surface area contributed by atoms with Crippen LogP contribution in [0.1, 0.15) is 58.7 Å². The smallest absolute Gasteiger partial charge is 0.317 e. The largest absolute Gasteiger partial charge is 0.487 e. The monoisotopic (exact) mass is 906 g/mol. The molecule has 5 aliphatic rings. The molecule has 344 valence electrons. The molecule has 19 heteroatoms. The summed E-state index contributed by atoms with van der Waals surface area (Å²) >= 11 is 0. The summed E-state index contributed by atoms with van der Waals surface area (Å²) < 4.78 is 46.2. The predicted octanol–water partition coefficient (Wildman–Crippen LogP) is 1.73. The molecule has 10 N–H and O–H groups in total. The van der Waals surface area contributed by atoms with E-state index in [4.69, 9.17) is 38.9 Å². The number of benzene rings is 3. The van der Waals surface area contributed by atoms with Crippen LogP contribution >= 0.6 is 0 Å².